The number of hydrogen-bond acceptors (Lipinski definition) is 4. The number of nitrogens with zero attached hydrogens (tertiary/aromatic N) is 3. The molecule has 0 aliphatic rings. The summed E-state index contributed by atoms with van der Waals surface area (Å²) in [7, 11) is 0. The van der Waals surface area contributed by atoms with E-state index in [2.05, 4.69) is 10.3 Å². The van der Waals surface area contributed by atoms with Crippen LogP contribution in [0.15, 0.2) is 48.7 Å². The number of phenols is 2. The van der Waals surface area contributed by atoms with Gasteiger partial charge in [-0.2, -0.15) is 13.2 Å². The van der Waals surface area contributed by atoms with Crippen LogP contribution in [0.2, 0.25) is 0 Å². The first-order chi connectivity index (χ1) is 11.3. The van der Waals surface area contributed by atoms with Crippen molar-refractivity contribution < 1.29 is 23.4 Å². The van der Waals surface area contributed by atoms with Crippen molar-refractivity contribution >= 4 is 0 Å². The highest BCUT2D eigenvalue weighted by atomic mass is 19.4. The van der Waals surface area contributed by atoms with Crippen LogP contribution in [-0.4, -0.2) is 25.2 Å². The zero-order chi connectivity index (χ0) is 17.3. The molecule has 24 heavy (non-hydrogen) atoms. The van der Waals surface area contributed by atoms with Crippen molar-refractivity contribution in [3.63, 3.8) is 0 Å². The van der Waals surface area contributed by atoms with E-state index < -0.39 is 11.7 Å². The van der Waals surface area contributed by atoms with Gasteiger partial charge in [-0.1, -0.05) is 17.3 Å². The van der Waals surface area contributed by atoms with E-state index in [1.807, 2.05) is 0 Å². The maximum Gasteiger partial charge on any atom is 0.416 e. The van der Waals surface area contributed by atoms with Gasteiger partial charge in [0.1, 0.15) is 5.69 Å². The molecular weight excluding hydrogens is 323 g/mol. The number of aromatic hydroxyl groups is 2. The average Bonchev–Trinajstić information content (AvgIpc) is 2.98. The first-order valence-corrected chi connectivity index (χ1v) is 6.91. The maximum atomic E-state index is 12.7. The highest BCUT2D eigenvalue weighted by Gasteiger charge is 2.30. The number of rotatable bonds is 3. The fraction of sp³-hybridized carbons (Fsp3) is 0.125. The first-order valence-electron chi connectivity index (χ1n) is 6.91. The van der Waals surface area contributed by atoms with Crippen LogP contribution in [0, 0.1) is 0 Å². The number of aromatic nitrogens is 3. The quantitative estimate of drug-likeness (QED) is 0.720. The van der Waals surface area contributed by atoms with Crippen LogP contribution < -0.4 is 0 Å². The Kier molecular flexibility index (Phi) is 3.88. The van der Waals surface area contributed by atoms with Crippen LogP contribution in [0.5, 0.6) is 11.5 Å². The molecule has 0 amide bonds. The summed E-state index contributed by atoms with van der Waals surface area (Å²) in [6.45, 7) is 0.126. The van der Waals surface area contributed by atoms with Crippen LogP contribution in [0.25, 0.3) is 11.3 Å². The third kappa shape index (κ3) is 3.32. The predicted molar refractivity (Wildman–Crippen MR) is 79.3 cm³/mol. The molecule has 0 saturated heterocycles. The van der Waals surface area contributed by atoms with Crippen LogP contribution in [0.1, 0.15) is 11.1 Å². The van der Waals surface area contributed by atoms with Crippen molar-refractivity contribution in [2.45, 2.75) is 12.7 Å². The Hall–Kier alpha value is -3.03. The summed E-state index contributed by atoms with van der Waals surface area (Å²) in [6, 6.07) is 9.18. The van der Waals surface area contributed by atoms with E-state index in [-0.39, 0.29) is 18.0 Å². The summed E-state index contributed by atoms with van der Waals surface area (Å²) in [5.74, 6) is -0.546. The second-order valence-electron chi connectivity index (χ2n) is 5.20. The van der Waals surface area contributed by atoms with Gasteiger partial charge in [0.15, 0.2) is 11.5 Å². The van der Waals surface area contributed by atoms with Crippen molar-refractivity contribution in [1.82, 2.24) is 15.0 Å². The van der Waals surface area contributed by atoms with Crippen molar-refractivity contribution in [2.75, 3.05) is 0 Å². The number of halogens is 3. The molecule has 2 N–H and O–H groups in total. The molecule has 2 aromatic carbocycles. The van der Waals surface area contributed by atoms with E-state index in [0.717, 1.165) is 12.1 Å². The first kappa shape index (κ1) is 15.9. The lowest BCUT2D eigenvalue weighted by Gasteiger charge is -2.08. The summed E-state index contributed by atoms with van der Waals surface area (Å²) in [5.41, 5.74) is 0.677. The molecule has 0 aliphatic heterocycles. The van der Waals surface area contributed by atoms with Crippen molar-refractivity contribution in [1.29, 1.82) is 0 Å². The summed E-state index contributed by atoms with van der Waals surface area (Å²) in [6.07, 6.45) is -2.85. The molecular formula is C16H12F3N3O2. The van der Waals surface area contributed by atoms with Gasteiger partial charge >= 0.3 is 6.18 Å². The van der Waals surface area contributed by atoms with Crippen molar-refractivity contribution in [3.8, 4) is 22.8 Å². The second-order valence-corrected chi connectivity index (χ2v) is 5.20. The van der Waals surface area contributed by atoms with Gasteiger partial charge in [-0.3, -0.25) is 0 Å². The predicted octanol–water partition coefficient (Wildman–Crippen LogP) is 3.42. The Morgan fingerprint density at radius 3 is 2.50 bits per heavy atom. The monoisotopic (exact) mass is 335 g/mol. The van der Waals surface area contributed by atoms with Crippen LogP contribution in [0.3, 0.4) is 0 Å². The smallest absolute Gasteiger partial charge is 0.416 e. The van der Waals surface area contributed by atoms with Gasteiger partial charge in [0.25, 0.3) is 0 Å². The van der Waals surface area contributed by atoms with Gasteiger partial charge < -0.3 is 10.2 Å². The van der Waals surface area contributed by atoms with E-state index in [0.29, 0.717) is 16.8 Å². The average molecular weight is 335 g/mol. The van der Waals surface area contributed by atoms with E-state index in [1.165, 1.54) is 22.9 Å². The lowest BCUT2D eigenvalue weighted by molar-refractivity contribution is -0.137. The SMILES string of the molecule is Oc1ccc(-c2cn(Cc3cccc(C(F)(F)F)c3)nn2)cc1O. The maximum absolute atomic E-state index is 12.7. The zero-order valence-electron chi connectivity index (χ0n) is 12.2. The number of hydrogen-bond donors (Lipinski definition) is 2. The van der Waals surface area contributed by atoms with Crippen molar-refractivity contribution in [3.05, 3.63) is 59.8 Å². The minimum atomic E-state index is -4.40. The molecule has 0 unspecified atom stereocenters. The molecule has 1 heterocycles. The van der Waals surface area contributed by atoms with Gasteiger partial charge in [0.05, 0.1) is 18.3 Å². The Labute approximate surface area is 134 Å². The molecule has 0 bridgehead atoms. The van der Waals surface area contributed by atoms with Crippen LogP contribution in [-0.2, 0) is 12.7 Å². The molecule has 0 saturated carbocycles. The third-order valence-corrected chi connectivity index (χ3v) is 3.41. The van der Waals surface area contributed by atoms with Gasteiger partial charge in [-0.15, -0.1) is 5.10 Å². The van der Waals surface area contributed by atoms with Gasteiger partial charge in [-0.05, 0) is 35.9 Å². The summed E-state index contributed by atoms with van der Waals surface area (Å²) < 4.78 is 39.6. The van der Waals surface area contributed by atoms with E-state index in [4.69, 9.17) is 0 Å². The molecule has 8 heteroatoms. The molecule has 3 rings (SSSR count). The van der Waals surface area contributed by atoms with Crippen LogP contribution in [0.4, 0.5) is 13.2 Å². The lowest BCUT2D eigenvalue weighted by atomic mass is 10.1. The zero-order valence-corrected chi connectivity index (χ0v) is 12.2. The van der Waals surface area contributed by atoms with E-state index in [1.54, 1.807) is 18.3 Å². The molecule has 1 aromatic heterocycles. The lowest BCUT2D eigenvalue weighted by Crippen LogP contribution is -2.07. The molecule has 0 spiro atoms. The van der Waals surface area contributed by atoms with Gasteiger partial charge in [0, 0.05) is 5.56 Å². The molecule has 5 nitrogen and oxygen atoms in total. The van der Waals surface area contributed by atoms with Gasteiger partial charge in [0.2, 0.25) is 0 Å². The van der Waals surface area contributed by atoms with E-state index >= 15 is 0 Å². The van der Waals surface area contributed by atoms with E-state index in [9.17, 15) is 23.4 Å². The Morgan fingerprint density at radius 1 is 1.00 bits per heavy atom. The molecule has 124 valence electrons. The number of phenolic OH excluding ortho intramolecular Hbond substituents is 2. The second kappa shape index (κ2) is 5.88. The molecule has 0 aliphatic carbocycles. The largest absolute Gasteiger partial charge is 0.504 e. The summed E-state index contributed by atoms with van der Waals surface area (Å²) in [5, 5.41) is 26.6. The Bertz CT molecular complexity index is 875. The highest BCUT2D eigenvalue weighted by Crippen LogP contribution is 2.30. The van der Waals surface area contributed by atoms with Crippen molar-refractivity contribution in [2.24, 2.45) is 0 Å². The topological polar surface area (TPSA) is 71.2 Å². The fourth-order valence-electron chi connectivity index (χ4n) is 2.22. The summed E-state index contributed by atoms with van der Waals surface area (Å²) in [4.78, 5) is 0. The number of benzene rings is 2. The minimum absolute atomic E-state index is 0.126. The summed E-state index contributed by atoms with van der Waals surface area (Å²) >= 11 is 0. The third-order valence-electron chi connectivity index (χ3n) is 3.41. The highest BCUT2D eigenvalue weighted by molar-refractivity contribution is 5.62. The van der Waals surface area contributed by atoms with Crippen LogP contribution >= 0.6 is 0 Å². The standard InChI is InChI=1S/C16H12F3N3O2/c17-16(18,19)12-3-1-2-10(6-12)8-22-9-13(20-21-22)11-4-5-14(23)15(24)7-11/h1-7,9,23-24H,8H2. The Morgan fingerprint density at radius 2 is 1.79 bits per heavy atom. The Balaban J connectivity index is 1.83. The normalized spacial score (nSPS) is 11.6. The van der Waals surface area contributed by atoms with Gasteiger partial charge in [-0.25, -0.2) is 4.68 Å². The molecule has 0 atom stereocenters. The fourth-order valence-corrected chi connectivity index (χ4v) is 2.22. The molecule has 0 radical (unpaired) electrons. The minimum Gasteiger partial charge on any atom is -0.504 e. The number of alkyl halides is 3. The molecule has 0 fully saturated rings. The molecule has 3 aromatic rings.